The number of furan rings is 1. The molecule has 0 saturated carbocycles. The Morgan fingerprint density at radius 1 is 1.20 bits per heavy atom. The SMILES string of the molecule is CCN(CC)CCN1C(=O)C(O)=C(C(=O)c2cc3cc(Cl)cc(OC)c3o2)C1c1ccccc1C. The fraction of sp³-hybridized carbons (Fsp3) is 0.333. The maximum Gasteiger partial charge on any atom is 0.290 e. The number of ether oxygens (including phenoxy) is 1. The van der Waals surface area contributed by atoms with Crippen molar-refractivity contribution in [2.45, 2.75) is 26.8 Å². The van der Waals surface area contributed by atoms with Crippen molar-refractivity contribution in [3.63, 3.8) is 0 Å². The largest absolute Gasteiger partial charge is 0.503 e. The third kappa shape index (κ3) is 4.54. The minimum atomic E-state index is -0.731. The highest BCUT2D eigenvalue weighted by Gasteiger charge is 2.45. The second kappa shape index (κ2) is 10.1. The fourth-order valence-corrected chi connectivity index (χ4v) is 4.82. The highest BCUT2D eigenvalue weighted by Crippen LogP contribution is 2.41. The Hall–Kier alpha value is -3.29. The molecule has 1 aliphatic heterocycles. The summed E-state index contributed by atoms with van der Waals surface area (Å²) in [5, 5.41) is 12.0. The van der Waals surface area contributed by atoms with Crippen LogP contribution in [0.25, 0.3) is 11.0 Å². The summed E-state index contributed by atoms with van der Waals surface area (Å²) >= 11 is 6.17. The van der Waals surface area contributed by atoms with Crippen LogP contribution in [0.4, 0.5) is 0 Å². The number of likely N-dealkylation sites (N-methyl/N-ethyl adjacent to an activating group) is 1. The molecule has 2 aromatic carbocycles. The lowest BCUT2D eigenvalue weighted by Gasteiger charge is -2.30. The summed E-state index contributed by atoms with van der Waals surface area (Å²) in [6.07, 6.45) is 0. The molecule has 0 aliphatic carbocycles. The van der Waals surface area contributed by atoms with Gasteiger partial charge in [-0.15, -0.1) is 0 Å². The first-order chi connectivity index (χ1) is 16.8. The van der Waals surface area contributed by atoms with E-state index in [1.807, 2.05) is 31.2 Å². The Balaban J connectivity index is 1.79. The second-order valence-corrected chi connectivity index (χ2v) is 8.95. The first-order valence-corrected chi connectivity index (χ1v) is 12.0. The highest BCUT2D eigenvalue weighted by atomic mass is 35.5. The van der Waals surface area contributed by atoms with Crippen LogP contribution in [0.15, 0.2) is 58.2 Å². The maximum atomic E-state index is 13.8. The third-order valence-corrected chi connectivity index (χ3v) is 6.79. The van der Waals surface area contributed by atoms with E-state index in [0.29, 0.717) is 34.8 Å². The van der Waals surface area contributed by atoms with E-state index in [2.05, 4.69) is 18.7 Å². The van der Waals surface area contributed by atoms with E-state index in [4.69, 9.17) is 20.8 Å². The minimum Gasteiger partial charge on any atom is -0.503 e. The number of carbonyl (C=O) groups is 2. The molecule has 3 aromatic rings. The number of ketones is 1. The van der Waals surface area contributed by atoms with Gasteiger partial charge in [0.25, 0.3) is 5.91 Å². The van der Waals surface area contributed by atoms with Crippen molar-refractivity contribution in [3.8, 4) is 5.75 Å². The van der Waals surface area contributed by atoms with Crippen molar-refractivity contribution >= 4 is 34.3 Å². The van der Waals surface area contributed by atoms with Gasteiger partial charge in [-0.3, -0.25) is 9.59 Å². The smallest absolute Gasteiger partial charge is 0.290 e. The Labute approximate surface area is 209 Å². The van der Waals surface area contributed by atoms with Crippen LogP contribution in [0.2, 0.25) is 5.02 Å². The van der Waals surface area contributed by atoms with Crippen molar-refractivity contribution < 1.29 is 23.8 Å². The average Bonchev–Trinajstić information content (AvgIpc) is 3.38. The summed E-state index contributed by atoms with van der Waals surface area (Å²) in [6.45, 7) is 8.69. The molecule has 1 aromatic heterocycles. The van der Waals surface area contributed by atoms with E-state index in [1.165, 1.54) is 7.11 Å². The van der Waals surface area contributed by atoms with Crippen LogP contribution in [-0.4, -0.2) is 59.9 Å². The van der Waals surface area contributed by atoms with Gasteiger partial charge in [-0.25, -0.2) is 0 Å². The fourth-order valence-electron chi connectivity index (χ4n) is 4.60. The van der Waals surface area contributed by atoms with Crippen LogP contribution in [0.3, 0.4) is 0 Å². The van der Waals surface area contributed by atoms with Crippen LogP contribution in [-0.2, 0) is 4.79 Å². The van der Waals surface area contributed by atoms with Gasteiger partial charge < -0.3 is 24.1 Å². The number of benzene rings is 2. The first kappa shape index (κ1) is 24.8. The van der Waals surface area contributed by atoms with Crippen LogP contribution < -0.4 is 4.74 Å². The number of nitrogens with zero attached hydrogens (tertiary/aromatic N) is 2. The Morgan fingerprint density at radius 2 is 1.91 bits per heavy atom. The molecule has 1 N–H and O–H groups in total. The van der Waals surface area contributed by atoms with Gasteiger partial charge in [0.2, 0.25) is 5.78 Å². The molecule has 4 rings (SSSR count). The molecule has 0 saturated heterocycles. The molecule has 8 heteroatoms. The zero-order chi connectivity index (χ0) is 25.3. The summed E-state index contributed by atoms with van der Waals surface area (Å²) < 4.78 is 11.2. The van der Waals surface area contributed by atoms with Crippen LogP contribution in [0.1, 0.15) is 41.6 Å². The Morgan fingerprint density at radius 3 is 2.57 bits per heavy atom. The number of carbonyl (C=O) groups excluding carboxylic acids is 2. The number of hydrogen-bond acceptors (Lipinski definition) is 6. The van der Waals surface area contributed by atoms with Crippen LogP contribution >= 0.6 is 11.6 Å². The molecule has 2 heterocycles. The Kier molecular flexibility index (Phi) is 7.19. The summed E-state index contributed by atoms with van der Waals surface area (Å²) in [6, 6.07) is 11.7. The highest BCUT2D eigenvalue weighted by molar-refractivity contribution is 6.31. The third-order valence-electron chi connectivity index (χ3n) is 6.57. The molecule has 1 aliphatic rings. The van der Waals surface area contributed by atoms with Crippen LogP contribution in [0, 0.1) is 6.92 Å². The number of Topliss-reactive ketones (excluding diaryl/α,β-unsaturated/α-hetero) is 1. The number of fused-ring (bicyclic) bond motifs is 1. The van der Waals surface area contributed by atoms with Crippen molar-refractivity contribution in [3.05, 3.63) is 75.7 Å². The first-order valence-electron chi connectivity index (χ1n) is 11.6. The molecular weight excluding hydrogens is 468 g/mol. The van der Waals surface area contributed by atoms with Gasteiger partial charge in [0.15, 0.2) is 22.9 Å². The van der Waals surface area contributed by atoms with Crippen molar-refractivity contribution in [2.75, 3.05) is 33.3 Å². The monoisotopic (exact) mass is 496 g/mol. The van der Waals surface area contributed by atoms with Crippen molar-refractivity contribution in [1.82, 2.24) is 9.80 Å². The molecular formula is C27H29ClN2O5. The molecule has 1 amide bonds. The van der Waals surface area contributed by atoms with E-state index in [-0.39, 0.29) is 11.3 Å². The number of methoxy groups -OCH3 is 1. The number of aryl methyl sites for hydroxylation is 1. The summed E-state index contributed by atoms with van der Waals surface area (Å²) in [7, 11) is 1.49. The van der Waals surface area contributed by atoms with E-state index >= 15 is 0 Å². The van der Waals surface area contributed by atoms with Gasteiger partial charge in [0.1, 0.15) is 0 Å². The number of hydrogen-bond donors (Lipinski definition) is 1. The average molecular weight is 497 g/mol. The van der Waals surface area contributed by atoms with Gasteiger partial charge >= 0.3 is 0 Å². The lowest BCUT2D eigenvalue weighted by molar-refractivity contribution is -0.129. The van der Waals surface area contributed by atoms with E-state index in [9.17, 15) is 14.7 Å². The zero-order valence-electron chi connectivity index (χ0n) is 20.3. The topological polar surface area (TPSA) is 83.2 Å². The molecule has 184 valence electrons. The molecule has 35 heavy (non-hydrogen) atoms. The maximum absolute atomic E-state index is 13.8. The van der Waals surface area contributed by atoms with E-state index in [1.54, 1.807) is 23.1 Å². The van der Waals surface area contributed by atoms with E-state index < -0.39 is 23.5 Å². The van der Waals surface area contributed by atoms with Gasteiger partial charge in [0.05, 0.1) is 18.7 Å². The van der Waals surface area contributed by atoms with Gasteiger partial charge in [0, 0.05) is 29.6 Å². The molecule has 0 bridgehead atoms. The predicted octanol–water partition coefficient (Wildman–Crippen LogP) is 5.32. The number of aliphatic hydroxyl groups excluding tert-OH is 1. The molecule has 1 atom stereocenters. The van der Waals surface area contributed by atoms with Gasteiger partial charge in [-0.1, -0.05) is 49.7 Å². The van der Waals surface area contributed by atoms with Gasteiger partial charge in [-0.05, 0) is 43.3 Å². The van der Waals surface area contributed by atoms with Crippen molar-refractivity contribution in [1.29, 1.82) is 0 Å². The molecule has 0 fully saturated rings. The van der Waals surface area contributed by atoms with Gasteiger partial charge in [-0.2, -0.15) is 0 Å². The summed E-state index contributed by atoms with van der Waals surface area (Å²) in [4.78, 5) is 30.8. The number of aliphatic hydroxyl groups is 1. The lowest BCUT2D eigenvalue weighted by atomic mass is 9.92. The predicted molar refractivity (Wildman–Crippen MR) is 135 cm³/mol. The zero-order valence-corrected chi connectivity index (χ0v) is 21.1. The molecule has 7 nitrogen and oxygen atoms in total. The Bertz CT molecular complexity index is 1310. The number of amides is 1. The summed E-state index contributed by atoms with van der Waals surface area (Å²) in [5.74, 6) is -1.27. The van der Waals surface area contributed by atoms with E-state index in [0.717, 1.165) is 24.2 Å². The molecule has 0 radical (unpaired) electrons. The second-order valence-electron chi connectivity index (χ2n) is 8.51. The van der Waals surface area contributed by atoms with Crippen LogP contribution in [0.5, 0.6) is 5.75 Å². The molecule has 0 spiro atoms. The minimum absolute atomic E-state index is 0.000839. The number of rotatable bonds is 9. The quantitative estimate of drug-likeness (QED) is 0.403. The summed E-state index contributed by atoms with van der Waals surface area (Å²) in [5.41, 5.74) is 2.07. The molecule has 1 unspecified atom stereocenters. The number of halogens is 1. The standard InChI is InChI=1S/C27H29ClN2O5/c1-5-29(6-2)11-12-30-23(19-10-8-7-9-16(19)3)22(25(32)27(30)33)24(31)20-14-17-13-18(28)15-21(34-4)26(17)35-20/h7-10,13-15,23,32H,5-6,11-12H2,1-4H3. The van der Waals surface area contributed by atoms with Crippen molar-refractivity contribution in [2.24, 2.45) is 0 Å². The normalized spacial score (nSPS) is 16.1. The lowest BCUT2D eigenvalue weighted by Crippen LogP contribution is -2.38.